The quantitative estimate of drug-likeness (QED) is 0.344. The van der Waals surface area contributed by atoms with Gasteiger partial charge in [-0.05, 0) is 59.8 Å². The smallest absolute Gasteiger partial charge is 0.293 e. The predicted molar refractivity (Wildman–Crippen MR) is 122 cm³/mol. The monoisotopic (exact) mass is 497 g/mol. The van der Waals surface area contributed by atoms with E-state index in [0.717, 1.165) is 16.7 Å². The molecule has 0 bridgehead atoms. The molecule has 4 rings (SSSR count). The highest BCUT2D eigenvalue weighted by Gasteiger charge is 2.35. The summed E-state index contributed by atoms with van der Waals surface area (Å²) in [6, 6.07) is 13.4. The van der Waals surface area contributed by atoms with Gasteiger partial charge < -0.3 is 4.42 Å². The Morgan fingerprint density at radius 1 is 0.900 bits per heavy atom. The van der Waals surface area contributed by atoms with Crippen LogP contribution in [0.4, 0.5) is 4.79 Å². The fourth-order valence-corrected chi connectivity index (χ4v) is 4.52. The van der Waals surface area contributed by atoms with Crippen molar-refractivity contribution in [1.82, 2.24) is 4.90 Å². The predicted octanol–water partition coefficient (Wildman–Crippen LogP) is 7.80. The number of imide groups is 1. The van der Waals surface area contributed by atoms with Crippen molar-refractivity contribution < 1.29 is 14.0 Å². The van der Waals surface area contributed by atoms with E-state index in [1.807, 2.05) is 0 Å². The number of thioether (sulfide) groups is 1. The van der Waals surface area contributed by atoms with Crippen LogP contribution >= 0.6 is 58.2 Å². The average molecular weight is 499 g/mol. The van der Waals surface area contributed by atoms with Crippen LogP contribution in [0.2, 0.25) is 20.1 Å². The van der Waals surface area contributed by atoms with Gasteiger partial charge in [0.25, 0.3) is 11.1 Å². The van der Waals surface area contributed by atoms with E-state index in [2.05, 4.69) is 0 Å². The lowest BCUT2D eigenvalue weighted by atomic mass is 10.2. The molecule has 1 fully saturated rings. The average Bonchev–Trinajstić information content (AvgIpc) is 3.26. The first-order chi connectivity index (χ1) is 14.3. The molecule has 3 aromatic rings. The van der Waals surface area contributed by atoms with Gasteiger partial charge in [-0.2, -0.15) is 0 Å². The van der Waals surface area contributed by atoms with Crippen molar-refractivity contribution in [2.24, 2.45) is 0 Å². The number of furan rings is 1. The van der Waals surface area contributed by atoms with Gasteiger partial charge in [-0.1, -0.05) is 52.5 Å². The summed E-state index contributed by atoms with van der Waals surface area (Å²) in [6.45, 7) is 0.0551. The summed E-state index contributed by atoms with van der Waals surface area (Å²) in [7, 11) is 0. The van der Waals surface area contributed by atoms with Crippen LogP contribution in [-0.2, 0) is 11.3 Å². The second kappa shape index (κ2) is 8.69. The van der Waals surface area contributed by atoms with Crippen molar-refractivity contribution in [3.63, 3.8) is 0 Å². The Kier molecular flexibility index (Phi) is 6.19. The Balaban J connectivity index is 1.56. The summed E-state index contributed by atoms with van der Waals surface area (Å²) in [5.74, 6) is 0.492. The number of carbonyl (C=O) groups excluding carboxylic acids is 2. The summed E-state index contributed by atoms with van der Waals surface area (Å²) < 4.78 is 5.79. The zero-order valence-electron chi connectivity index (χ0n) is 15.0. The van der Waals surface area contributed by atoms with Crippen LogP contribution in [0.3, 0.4) is 0 Å². The van der Waals surface area contributed by atoms with Crippen molar-refractivity contribution in [1.29, 1.82) is 0 Å². The molecule has 9 heteroatoms. The first-order valence-corrected chi connectivity index (χ1v) is 10.9. The summed E-state index contributed by atoms with van der Waals surface area (Å²) in [6.07, 6.45) is 1.52. The minimum absolute atomic E-state index is 0.0551. The number of carbonyl (C=O) groups is 2. The molecule has 30 heavy (non-hydrogen) atoms. The molecule has 1 aliphatic heterocycles. The number of hydrogen-bond acceptors (Lipinski definition) is 4. The first kappa shape index (κ1) is 21.3. The molecular weight excluding hydrogens is 488 g/mol. The van der Waals surface area contributed by atoms with Gasteiger partial charge in [0.05, 0.1) is 16.5 Å². The minimum atomic E-state index is -0.422. The largest absolute Gasteiger partial charge is 0.457 e. The van der Waals surface area contributed by atoms with Gasteiger partial charge in [-0.3, -0.25) is 14.5 Å². The van der Waals surface area contributed by atoms with Gasteiger partial charge in [-0.15, -0.1) is 0 Å². The maximum atomic E-state index is 12.7. The van der Waals surface area contributed by atoms with Crippen LogP contribution in [0, 0.1) is 0 Å². The fraction of sp³-hybridized carbons (Fsp3) is 0.0476. The van der Waals surface area contributed by atoms with E-state index in [9.17, 15) is 9.59 Å². The van der Waals surface area contributed by atoms with Crippen LogP contribution in [0.15, 0.2) is 57.9 Å². The molecule has 0 atom stereocenters. The zero-order chi connectivity index (χ0) is 21.4. The van der Waals surface area contributed by atoms with E-state index in [-0.39, 0.29) is 16.7 Å². The molecule has 0 aliphatic carbocycles. The minimum Gasteiger partial charge on any atom is -0.457 e. The van der Waals surface area contributed by atoms with Gasteiger partial charge in [0.1, 0.15) is 11.5 Å². The van der Waals surface area contributed by atoms with E-state index in [1.54, 1.807) is 48.5 Å². The molecule has 1 aromatic heterocycles. The number of amides is 2. The van der Waals surface area contributed by atoms with E-state index >= 15 is 0 Å². The molecule has 0 N–H and O–H groups in total. The Morgan fingerprint density at radius 3 is 2.40 bits per heavy atom. The molecule has 0 unspecified atom stereocenters. The summed E-state index contributed by atoms with van der Waals surface area (Å²) in [5.41, 5.74) is 1.26. The van der Waals surface area contributed by atoms with E-state index < -0.39 is 5.91 Å². The highest BCUT2D eigenvalue weighted by molar-refractivity contribution is 8.18. The van der Waals surface area contributed by atoms with Gasteiger partial charge in [-0.25, -0.2) is 0 Å². The number of benzene rings is 2. The van der Waals surface area contributed by atoms with Crippen LogP contribution in [-0.4, -0.2) is 16.0 Å². The maximum Gasteiger partial charge on any atom is 0.293 e. The summed E-state index contributed by atoms with van der Waals surface area (Å²) in [5, 5.41) is 1.49. The fourth-order valence-electron chi connectivity index (χ4n) is 2.85. The van der Waals surface area contributed by atoms with Crippen molar-refractivity contribution in [3.8, 4) is 11.3 Å². The zero-order valence-corrected chi connectivity index (χ0v) is 18.8. The number of hydrogen-bond donors (Lipinski definition) is 0. The van der Waals surface area contributed by atoms with Crippen LogP contribution in [0.1, 0.15) is 11.3 Å². The molecule has 0 spiro atoms. The highest BCUT2D eigenvalue weighted by atomic mass is 35.5. The molecule has 0 radical (unpaired) electrons. The molecule has 2 heterocycles. The Hall–Kier alpha value is -1.89. The molecule has 4 nitrogen and oxygen atoms in total. The molecule has 1 aliphatic rings. The Labute approximate surface area is 196 Å². The molecule has 152 valence electrons. The second-order valence-corrected chi connectivity index (χ2v) is 9.01. The van der Waals surface area contributed by atoms with Gasteiger partial charge in [0, 0.05) is 26.7 Å². The van der Waals surface area contributed by atoms with Crippen molar-refractivity contribution >= 4 is 75.4 Å². The van der Waals surface area contributed by atoms with E-state index in [4.69, 9.17) is 50.8 Å². The van der Waals surface area contributed by atoms with Crippen LogP contribution in [0.25, 0.3) is 17.4 Å². The molecule has 0 saturated carbocycles. The van der Waals surface area contributed by atoms with Gasteiger partial charge in [0.15, 0.2) is 0 Å². The topological polar surface area (TPSA) is 50.5 Å². The summed E-state index contributed by atoms with van der Waals surface area (Å²) >= 11 is 25.1. The normalized spacial score (nSPS) is 15.5. The third-order valence-corrected chi connectivity index (χ3v) is 6.37. The van der Waals surface area contributed by atoms with Crippen molar-refractivity contribution in [2.45, 2.75) is 6.54 Å². The van der Waals surface area contributed by atoms with Crippen LogP contribution < -0.4 is 0 Å². The SMILES string of the molecule is O=C1S/C(=C/c2ccc(-c3cc(Cl)ccc3Cl)o2)C(=O)N1Cc1ccc(Cl)cc1Cl. The number of nitrogens with zero attached hydrogens (tertiary/aromatic N) is 1. The summed E-state index contributed by atoms with van der Waals surface area (Å²) in [4.78, 5) is 26.5. The highest BCUT2D eigenvalue weighted by Crippen LogP contribution is 2.36. The van der Waals surface area contributed by atoms with E-state index in [0.29, 0.717) is 42.7 Å². The lowest BCUT2D eigenvalue weighted by molar-refractivity contribution is -0.123. The third kappa shape index (κ3) is 4.41. The Bertz CT molecular complexity index is 1200. The van der Waals surface area contributed by atoms with Crippen LogP contribution in [0.5, 0.6) is 0 Å². The van der Waals surface area contributed by atoms with Crippen molar-refractivity contribution in [2.75, 3.05) is 0 Å². The van der Waals surface area contributed by atoms with E-state index in [1.165, 1.54) is 6.08 Å². The third-order valence-electron chi connectivity index (χ3n) is 4.31. The number of rotatable bonds is 4. The molecule has 2 amide bonds. The first-order valence-electron chi connectivity index (χ1n) is 8.56. The number of halogens is 4. The lowest BCUT2D eigenvalue weighted by Gasteiger charge is -2.13. The van der Waals surface area contributed by atoms with Gasteiger partial charge >= 0.3 is 0 Å². The molecule has 1 saturated heterocycles. The van der Waals surface area contributed by atoms with Gasteiger partial charge in [0.2, 0.25) is 0 Å². The molecule has 2 aromatic carbocycles. The lowest BCUT2D eigenvalue weighted by Crippen LogP contribution is -2.27. The van der Waals surface area contributed by atoms with Crippen molar-refractivity contribution in [3.05, 3.63) is 84.9 Å². The maximum absolute atomic E-state index is 12.7. The standard InChI is InChI=1S/C21H11Cl4NO3S/c22-12-3-5-16(24)15(7-12)18-6-4-14(29-18)9-19-20(27)26(21(28)30-19)10-11-1-2-13(23)8-17(11)25/h1-9H,10H2/b19-9+. The second-order valence-electron chi connectivity index (χ2n) is 6.33. The Morgan fingerprint density at radius 2 is 1.63 bits per heavy atom. The molecular formula is C21H11Cl4NO3S.